The van der Waals surface area contributed by atoms with Crippen LogP contribution in [0.3, 0.4) is 0 Å². The van der Waals surface area contributed by atoms with Crippen LogP contribution in [0.25, 0.3) is 166 Å². The van der Waals surface area contributed by atoms with Gasteiger partial charge in [0.25, 0.3) is 0 Å². The van der Waals surface area contributed by atoms with Gasteiger partial charge in [-0.3, -0.25) is 0 Å². The summed E-state index contributed by atoms with van der Waals surface area (Å²) in [5, 5.41) is 6.68. The Balaban J connectivity index is 0.000000112. The Bertz CT molecular complexity index is 8780. The van der Waals surface area contributed by atoms with Crippen LogP contribution in [0.4, 0.5) is 51.2 Å². The van der Waals surface area contributed by atoms with Crippen molar-refractivity contribution in [1.29, 1.82) is 0 Å². The molecule has 0 unspecified atom stereocenters. The summed E-state index contributed by atoms with van der Waals surface area (Å²) in [5.74, 6) is 0. The van der Waals surface area contributed by atoms with E-state index in [2.05, 4.69) is 529 Å². The average molecular weight is 1810 g/mol. The van der Waals surface area contributed by atoms with Crippen molar-refractivity contribution in [2.75, 3.05) is 14.7 Å². The molecule has 0 fully saturated rings. The first-order valence-electron chi connectivity index (χ1n) is 48.8. The molecule has 0 aliphatic heterocycles. The molecule has 21 aromatic carbocycles. The van der Waals surface area contributed by atoms with Crippen molar-refractivity contribution in [3.8, 4) is 100 Å². The number of hydrogen-bond donors (Lipinski definition) is 0. The van der Waals surface area contributed by atoms with Gasteiger partial charge in [-0.05, 0) is 279 Å². The van der Waals surface area contributed by atoms with E-state index in [9.17, 15) is 0 Å². The molecule has 0 spiro atoms. The number of rotatable bonds is 15. The summed E-state index contributed by atoms with van der Waals surface area (Å²) in [4.78, 5) is 6.99. The van der Waals surface area contributed by atoms with Crippen molar-refractivity contribution in [3.05, 3.63) is 525 Å². The number of furan rings is 3. The lowest BCUT2D eigenvalue weighted by Gasteiger charge is -2.27. The Kier molecular flexibility index (Phi) is 20.9. The molecule has 0 saturated carbocycles. The lowest BCUT2D eigenvalue weighted by molar-refractivity contribution is 0.660. The Morgan fingerprint density at radius 3 is 0.624 bits per heavy atom. The van der Waals surface area contributed by atoms with E-state index in [1.165, 1.54) is 122 Å². The van der Waals surface area contributed by atoms with E-state index in [-0.39, 0.29) is 16.2 Å². The Hall–Kier alpha value is -17.6. The maximum atomic E-state index is 6.79. The van der Waals surface area contributed by atoms with Crippen molar-refractivity contribution in [2.45, 2.75) is 57.8 Å². The van der Waals surface area contributed by atoms with Gasteiger partial charge in [0.2, 0.25) is 0 Å². The molecule has 3 aliphatic rings. The first-order chi connectivity index (χ1) is 69.2. The molecule has 0 bridgehead atoms. The van der Waals surface area contributed by atoms with Crippen LogP contribution in [0.5, 0.6) is 0 Å². The monoisotopic (exact) mass is 1810 g/mol. The third-order valence-corrected chi connectivity index (χ3v) is 29.6. The van der Waals surface area contributed by atoms with E-state index in [4.69, 9.17) is 13.3 Å². The van der Waals surface area contributed by atoms with Crippen molar-refractivity contribution in [1.82, 2.24) is 0 Å². The molecular weight excluding hydrogens is 1710 g/mol. The molecule has 0 radical (unpaired) electrons. The van der Waals surface area contributed by atoms with Gasteiger partial charge in [0.15, 0.2) is 16.7 Å². The molecule has 0 atom stereocenters. The Morgan fingerprint density at radius 1 is 0.149 bits per heavy atom. The van der Waals surface area contributed by atoms with Gasteiger partial charge >= 0.3 is 0 Å². The van der Waals surface area contributed by atoms with E-state index in [1.807, 2.05) is 18.2 Å². The summed E-state index contributed by atoms with van der Waals surface area (Å²) in [6.07, 6.45) is 0. The van der Waals surface area contributed by atoms with Gasteiger partial charge in [-0.2, -0.15) is 0 Å². The molecule has 3 aromatic heterocycles. The highest BCUT2D eigenvalue weighted by molar-refractivity contribution is 6.16. The molecule has 141 heavy (non-hydrogen) atoms. The summed E-state index contributed by atoms with van der Waals surface area (Å²) in [7, 11) is 0. The van der Waals surface area contributed by atoms with E-state index in [0.717, 1.165) is 128 Å². The van der Waals surface area contributed by atoms with Crippen LogP contribution in [-0.2, 0) is 16.2 Å². The summed E-state index contributed by atoms with van der Waals surface area (Å²) in [6, 6.07) is 176. The summed E-state index contributed by atoms with van der Waals surface area (Å²) in [6.45, 7) is 14.1. The van der Waals surface area contributed by atoms with Gasteiger partial charge < -0.3 is 28.0 Å². The predicted octanol–water partition coefficient (Wildman–Crippen LogP) is 38.1. The Morgan fingerprint density at radius 2 is 0.355 bits per heavy atom. The van der Waals surface area contributed by atoms with Crippen LogP contribution in [0.2, 0.25) is 0 Å². The highest BCUT2D eigenvalue weighted by Gasteiger charge is 2.39. The SMILES string of the molecule is CC1(C)c2ccccc2-c2ccc(-c3cc(N(c4ccc(-c5ccccc5)cc4)c4ccc(-c5ccccc5)cc4)c4oc5ccccc5c4c3)cc21.CC1(C)c2ccccc2-c2ccc(-c3cc(N(c4ccccc4)c4ccc(-c5ccccc5)cc4)c4oc5ccccc5c4c3)cc21.CC1(C)c2ccccc2-c2ccc(-c3cc(N(c4ccccc4)c4ccccc4)c4oc5ccccc5c4c3)cc21. The third-order valence-electron chi connectivity index (χ3n) is 29.6. The zero-order chi connectivity index (χ0) is 94.6. The molecule has 3 heterocycles. The molecule has 24 aromatic rings. The fourth-order valence-corrected chi connectivity index (χ4v) is 22.4. The molecule has 0 N–H and O–H groups in total. The molecule has 6 nitrogen and oxygen atoms in total. The van der Waals surface area contributed by atoms with E-state index >= 15 is 0 Å². The number of anilines is 9. The molecular formula is C135H99N3O3. The topological polar surface area (TPSA) is 49.1 Å². The molecule has 6 heteroatoms. The van der Waals surface area contributed by atoms with Gasteiger partial charge in [-0.15, -0.1) is 0 Å². The second-order valence-corrected chi connectivity index (χ2v) is 39.0. The average Bonchev–Trinajstić information content (AvgIpc) is 1.58. The number of nitrogens with zero attached hydrogens (tertiary/aromatic N) is 3. The highest BCUT2D eigenvalue weighted by atomic mass is 16.3. The molecule has 3 aliphatic carbocycles. The standard InChI is InChI=1S/C51H37NO.C45H33NO.C39H29NO/c1-51(2)46-19-11-9-17-42(46)43-30-25-38(32-47(43)51)39-31-45-44-18-10-12-20-49(44)53-50(45)48(33-39)52(40-26-21-36(22-27-40)34-13-5-3-6-14-34)41-28-23-37(24-29-41)35-15-7-4-8-16-35;1-45(2)40-19-11-9-17-36(40)37-26-23-32(28-41(37)45)33-27-39-38-18-10-12-20-43(38)47-44(39)42(29-33)46(34-15-7-4-8-16-34)35-24-21-31(22-25-35)30-13-5-3-6-14-30;1-39(2)34-19-11-9-17-30(34)31-22-21-26(24-35(31)39)27-23-33-32-18-10-12-20-37(32)41-38(33)36(25-27)40(28-13-5-3-6-14-28)29-15-7-4-8-16-29/h3-33H,1-2H3;3-29H,1-2H3;3-25H,1-2H3. The van der Waals surface area contributed by atoms with Crippen LogP contribution in [0.1, 0.15) is 74.9 Å². The second-order valence-electron chi connectivity index (χ2n) is 39.0. The van der Waals surface area contributed by atoms with Crippen molar-refractivity contribution in [2.24, 2.45) is 0 Å². The van der Waals surface area contributed by atoms with Gasteiger partial charge in [0.05, 0.1) is 17.1 Å². The van der Waals surface area contributed by atoms with Gasteiger partial charge in [0, 0.05) is 82.7 Å². The zero-order valence-electron chi connectivity index (χ0n) is 79.3. The Labute approximate surface area is 821 Å². The summed E-state index contributed by atoms with van der Waals surface area (Å²) in [5.41, 5.74) is 45.0. The van der Waals surface area contributed by atoms with Crippen molar-refractivity contribution in [3.63, 3.8) is 0 Å². The normalized spacial score (nSPS) is 13.1. The highest BCUT2D eigenvalue weighted by Crippen LogP contribution is 2.57. The number of hydrogen-bond acceptors (Lipinski definition) is 6. The maximum absolute atomic E-state index is 6.79. The first-order valence-corrected chi connectivity index (χ1v) is 48.8. The number of fused-ring (bicyclic) bond motifs is 18. The molecule has 0 saturated heterocycles. The van der Waals surface area contributed by atoms with E-state index in [1.54, 1.807) is 0 Å². The zero-order valence-corrected chi connectivity index (χ0v) is 79.3. The lowest BCUT2D eigenvalue weighted by Crippen LogP contribution is -2.14. The van der Waals surface area contributed by atoms with E-state index in [0.29, 0.717) is 0 Å². The largest absolute Gasteiger partial charge is 0.454 e. The smallest absolute Gasteiger partial charge is 0.159 e. The van der Waals surface area contributed by atoms with Crippen LogP contribution in [0, 0.1) is 0 Å². The van der Waals surface area contributed by atoms with Crippen LogP contribution >= 0.6 is 0 Å². The maximum Gasteiger partial charge on any atom is 0.159 e. The summed E-state index contributed by atoms with van der Waals surface area (Å²) >= 11 is 0. The lowest BCUT2D eigenvalue weighted by atomic mass is 9.81. The number of benzene rings is 21. The van der Waals surface area contributed by atoms with E-state index < -0.39 is 0 Å². The third kappa shape index (κ3) is 14.9. The second kappa shape index (κ2) is 34.6. The minimum absolute atomic E-state index is 0.0582. The minimum atomic E-state index is -0.0930. The first kappa shape index (κ1) is 85.1. The van der Waals surface area contributed by atoms with Gasteiger partial charge in [0.1, 0.15) is 16.7 Å². The quantitative estimate of drug-likeness (QED) is 0.102. The predicted molar refractivity (Wildman–Crippen MR) is 591 cm³/mol. The number of para-hydroxylation sites is 6. The fraction of sp³-hybridized carbons (Fsp3) is 0.0667. The summed E-state index contributed by atoms with van der Waals surface area (Å²) < 4.78 is 20.1. The van der Waals surface area contributed by atoms with Crippen LogP contribution < -0.4 is 14.7 Å². The van der Waals surface area contributed by atoms with Crippen LogP contribution in [0.15, 0.2) is 505 Å². The minimum Gasteiger partial charge on any atom is -0.454 e. The van der Waals surface area contributed by atoms with Crippen LogP contribution in [-0.4, -0.2) is 0 Å². The molecule has 27 rings (SSSR count). The fourth-order valence-electron chi connectivity index (χ4n) is 22.4. The van der Waals surface area contributed by atoms with Gasteiger partial charge in [-0.25, -0.2) is 0 Å². The molecule has 672 valence electrons. The van der Waals surface area contributed by atoms with Crippen molar-refractivity contribution < 1.29 is 13.3 Å². The van der Waals surface area contributed by atoms with Gasteiger partial charge in [-0.1, -0.05) is 387 Å². The van der Waals surface area contributed by atoms with Crippen molar-refractivity contribution >= 4 is 117 Å². The molecule has 0 amide bonds.